The molecular formula is C28H17N5O6. The largest absolute Gasteiger partial charge is 0.506 e. The number of hydrogen-bond acceptors (Lipinski definition) is 8. The molecule has 3 N–H and O–H groups in total. The first kappa shape index (κ1) is 23.6. The fourth-order valence-electron chi connectivity index (χ4n) is 4.14. The zero-order valence-electron chi connectivity index (χ0n) is 19.9. The van der Waals surface area contributed by atoms with Crippen LogP contribution >= 0.6 is 0 Å². The second-order valence-corrected chi connectivity index (χ2v) is 8.54. The molecule has 0 fully saturated rings. The first-order valence-corrected chi connectivity index (χ1v) is 11.6. The van der Waals surface area contributed by atoms with Gasteiger partial charge in [-0.25, -0.2) is 9.59 Å². The molecule has 0 saturated heterocycles. The van der Waals surface area contributed by atoms with E-state index in [1.807, 2.05) is 24.3 Å². The number of rotatable bonds is 6. The molecule has 0 saturated carbocycles. The van der Waals surface area contributed by atoms with E-state index >= 15 is 0 Å². The van der Waals surface area contributed by atoms with Crippen LogP contribution in [0.1, 0.15) is 20.7 Å². The molecule has 0 unspecified atom stereocenters. The van der Waals surface area contributed by atoms with E-state index in [1.54, 1.807) is 36.4 Å². The molecule has 11 nitrogen and oxygen atoms in total. The van der Waals surface area contributed by atoms with Crippen LogP contribution < -0.4 is 0 Å². The molecule has 0 aliphatic carbocycles. The quantitative estimate of drug-likeness (QED) is 0.275. The van der Waals surface area contributed by atoms with E-state index in [9.17, 15) is 19.8 Å². The maximum atomic E-state index is 12.0. The first-order valence-electron chi connectivity index (χ1n) is 11.6. The highest BCUT2D eigenvalue weighted by Gasteiger charge is 2.18. The van der Waals surface area contributed by atoms with Crippen LogP contribution in [0.5, 0.6) is 5.75 Å². The molecule has 0 aliphatic rings. The zero-order chi connectivity index (χ0) is 27.1. The van der Waals surface area contributed by atoms with Crippen molar-refractivity contribution >= 4 is 23.0 Å². The lowest BCUT2D eigenvalue weighted by Gasteiger charge is -2.10. The summed E-state index contributed by atoms with van der Waals surface area (Å²) in [6, 6.07) is 22.5. The highest BCUT2D eigenvalue weighted by Crippen LogP contribution is 2.34. The summed E-state index contributed by atoms with van der Waals surface area (Å²) in [6.45, 7) is 0. The van der Waals surface area contributed by atoms with Gasteiger partial charge in [-0.1, -0.05) is 18.2 Å². The van der Waals surface area contributed by atoms with E-state index in [2.05, 4.69) is 20.4 Å². The Labute approximate surface area is 219 Å². The van der Waals surface area contributed by atoms with Gasteiger partial charge in [-0.15, -0.1) is 25.2 Å². The Balaban J connectivity index is 1.37. The maximum absolute atomic E-state index is 12.0. The van der Waals surface area contributed by atoms with Gasteiger partial charge in [-0.05, 0) is 77.9 Å². The lowest BCUT2D eigenvalue weighted by Crippen LogP contribution is -2.01. The van der Waals surface area contributed by atoms with E-state index in [-0.39, 0.29) is 28.7 Å². The van der Waals surface area contributed by atoms with Gasteiger partial charge in [0, 0.05) is 11.1 Å². The summed E-state index contributed by atoms with van der Waals surface area (Å²) in [5.41, 5.74) is 3.55. The van der Waals surface area contributed by atoms with Crippen LogP contribution in [0.15, 0.2) is 89.3 Å². The molecule has 6 rings (SSSR count). The van der Waals surface area contributed by atoms with Crippen molar-refractivity contribution in [3.8, 4) is 45.5 Å². The zero-order valence-corrected chi connectivity index (χ0v) is 19.9. The van der Waals surface area contributed by atoms with E-state index < -0.39 is 11.9 Å². The molecule has 11 heteroatoms. The van der Waals surface area contributed by atoms with Gasteiger partial charge in [0.1, 0.15) is 22.5 Å². The number of carbonyl (C=O) groups is 2. The monoisotopic (exact) mass is 519 g/mol. The number of aromatic hydroxyl groups is 1. The van der Waals surface area contributed by atoms with E-state index in [4.69, 9.17) is 9.52 Å². The molecule has 0 bridgehead atoms. The van der Waals surface area contributed by atoms with Gasteiger partial charge in [0.05, 0.1) is 11.1 Å². The SMILES string of the molecule is O=C(O)c1ccc(-c2nnc(-c3ccc(C(=O)O)c(-c4ccc(-n5nc6ccccc6n5)c(O)c4)c3)o2)cc1. The van der Waals surface area contributed by atoms with Gasteiger partial charge < -0.3 is 19.7 Å². The summed E-state index contributed by atoms with van der Waals surface area (Å²) in [4.78, 5) is 24.4. The summed E-state index contributed by atoms with van der Waals surface area (Å²) in [7, 11) is 0. The van der Waals surface area contributed by atoms with Crippen molar-refractivity contribution in [3.05, 3.63) is 96.1 Å². The Kier molecular flexibility index (Phi) is 5.57. The van der Waals surface area contributed by atoms with Crippen molar-refractivity contribution in [2.24, 2.45) is 0 Å². The minimum absolute atomic E-state index is 0.0119. The summed E-state index contributed by atoms with van der Waals surface area (Å²) in [5, 5.41) is 46.6. The van der Waals surface area contributed by atoms with Crippen LogP contribution in [0.3, 0.4) is 0 Å². The van der Waals surface area contributed by atoms with Gasteiger partial charge >= 0.3 is 11.9 Å². The normalized spacial score (nSPS) is 11.1. The van der Waals surface area contributed by atoms with Crippen molar-refractivity contribution in [2.75, 3.05) is 0 Å². The summed E-state index contributed by atoms with van der Waals surface area (Å²) < 4.78 is 5.79. The molecule has 0 atom stereocenters. The lowest BCUT2D eigenvalue weighted by atomic mass is 9.96. The third-order valence-corrected chi connectivity index (χ3v) is 6.09. The van der Waals surface area contributed by atoms with Crippen LogP contribution in [0.25, 0.3) is 50.8 Å². The predicted molar refractivity (Wildman–Crippen MR) is 139 cm³/mol. The van der Waals surface area contributed by atoms with Crippen molar-refractivity contribution in [1.82, 2.24) is 25.2 Å². The summed E-state index contributed by atoms with van der Waals surface area (Å²) in [6.07, 6.45) is 0. The maximum Gasteiger partial charge on any atom is 0.336 e. The predicted octanol–water partition coefficient (Wildman–Crippen LogP) is 4.91. The third-order valence-electron chi connectivity index (χ3n) is 6.09. The molecule has 190 valence electrons. The first-order chi connectivity index (χ1) is 18.9. The number of carboxylic acid groups (broad SMARTS) is 2. The fourth-order valence-corrected chi connectivity index (χ4v) is 4.14. The third kappa shape index (κ3) is 4.33. The minimum Gasteiger partial charge on any atom is -0.506 e. The van der Waals surface area contributed by atoms with Crippen molar-refractivity contribution in [1.29, 1.82) is 0 Å². The van der Waals surface area contributed by atoms with Crippen LogP contribution in [0.2, 0.25) is 0 Å². The Morgan fingerprint density at radius 1 is 0.692 bits per heavy atom. The number of aromatic nitrogens is 5. The molecule has 0 spiro atoms. The van der Waals surface area contributed by atoms with E-state index in [1.165, 1.54) is 29.1 Å². The molecule has 0 amide bonds. The number of phenolic OH excluding ortho intramolecular Hbond substituents is 1. The van der Waals surface area contributed by atoms with E-state index in [0.717, 1.165) is 0 Å². The molecular weight excluding hydrogens is 502 g/mol. The van der Waals surface area contributed by atoms with Gasteiger partial charge in [-0.3, -0.25) is 0 Å². The molecule has 0 aliphatic heterocycles. The average molecular weight is 519 g/mol. The lowest BCUT2D eigenvalue weighted by molar-refractivity contribution is 0.0686. The van der Waals surface area contributed by atoms with Gasteiger partial charge in [0.15, 0.2) is 0 Å². The van der Waals surface area contributed by atoms with Gasteiger partial charge in [-0.2, -0.15) is 0 Å². The Hall–Kier alpha value is -5.84. The smallest absolute Gasteiger partial charge is 0.336 e. The second kappa shape index (κ2) is 9.23. The molecule has 4 aromatic carbocycles. The number of benzene rings is 4. The fraction of sp³-hybridized carbons (Fsp3) is 0. The Morgan fingerprint density at radius 3 is 1.92 bits per heavy atom. The Morgan fingerprint density at radius 2 is 1.31 bits per heavy atom. The number of nitrogens with zero attached hydrogens (tertiary/aromatic N) is 5. The minimum atomic E-state index is -1.15. The molecule has 39 heavy (non-hydrogen) atoms. The standard InChI is InChI=1S/C28H17N5O6/c34-24-14-17(10-12-23(24)33-31-21-3-1-2-4-22(21)32-33)20-13-18(9-11-19(20)28(37)38)26-30-29-25(39-26)15-5-7-16(8-6-15)27(35)36/h1-14,34H,(H,35,36)(H,37,38). The van der Waals surface area contributed by atoms with E-state index in [0.29, 0.717) is 39.0 Å². The van der Waals surface area contributed by atoms with Crippen LogP contribution in [-0.4, -0.2) is 52.4 Å². The number of hydrogen-bond donors (Lipinski definition) is 3. The average Bonchev–Trinajstić information content (AvgIpc) is 3.60. The number of fused-ring (bicyclic) bond motifs is 1. The van der Waals surface area contributed by atoms with Gasteiger partial charge in [0.25, 0.3) is 0 Å². The van der Waals surface area contributed by atoms with Crippen molar-refractivity contribution in [2.45, 2.75) is 0 Å². The van der Waals surface area contributed by atoms with Crippen LogP contribution in [-0.2, 0) is 0 Å². The molecule has 0 radical (unpaired) electrons. The van der Waals surface area contributed by atoms with Crippen LogP contribution in [0.4, 0.5) is 0 Å². The highest BCUT2D eigenvalue weighted by atomic mass is 16.4. The van der Waals surface area contributed by atoms with Gasteiger partial charge in [0.2, 0.25) is 11.8 Å². The second-order valence-electron chi connectivity index (χ2n) is 8.54. The number of carboxylic acids is 2. The highest BCUT2D eigenvalue weighted by molar-refractivity contribution is 5.97. The summed E-state index contributed by atoms with van der Waals surface area (Å²) >= 11 is 0. The topological polar surface area (TPSA) is 164 Å². The van der Waals surface area contributed by atoms with Crippen molar-refractivity contribution < 1.29 is 29.3 Å². The molecule has 2 heterocycles. The molecule has 6 aromatic rings. The Bertz CT molecular complexity index is 1860. The van der Waals surface area contributed by atoms with Crippen molar-refractivity contribution in [3.63, 3.8) is 0 Å². The number of aromatic carboxylic acids is 2. The number of phenols is 1. The summed E-state index contributed by atoms with van der Waals surface area (Å²) in [5.74, 6) is -2.03. The molecule has 2 aromatic heterocycles. The van der Waals surface area contributed by atoms with Crippen LogP contribution in [0, 0.1) is 0 Å².